The fourth-order valence-corrected chi connectivity index (χ4v) is 4.27. The summed E-state index contributed by atoms with van der Waals surface area (Å²) >= 11 is 6.43. The first-order valence-electron chi connectivity index (χ1n) is 8.92. The molecule has 146 valence electrons. The summed E-state index contributed by atoms with van der Waals surface area (Å²) in [5.74, 6) is 0.205. The van der Waals surface area contributed by atoms with Crippen LogP contribution in [0.3, 0.4) is 0 Å². The number of nitrogens with one attached hydrogen (secondary N) is 3. The van der Waals surface area contributed by atoms with Crippen LogP contribution in [0.4, 0.5) is 17.3 Å². The fourth-order valence-electron chi connectivity index (χ4n) is 3.99. The highest BCUT2D eigenvalue weighted by Gasteiger charge is 2.48. The van der Waals surface area contributed by atoms with Gasteiger partial charge in [-0.2, -0.15) is 0 Å². The van der Waals surface area contributed by atoms with Gasteiger partial charge in [0, 0.05) is 24.7 Å². The van der Waals surface area contributed by atoms with Gasteiger partial charge in [-0.1, -0.05) is 35.9 Å². The Labute approximate surface area is 169 Å². The maximum atomic E-state index is 13.5. The summed E-state index contributed by atoms with van der Waals surface area (Å²) in [7, 11) is 0. The highest BCUT2D eigenvalue weighted by molar-refractivity contribution is 6.34. The minimum atomic E-state index is -1.07. The van der Waals surface area contributed by atoms with Crippen LogP contribution in [0.5, 0.6) is 0 Å². The SMILES string of the molecule is Nc1cc(Nc2cc(Cl)c3n(c2=O)C2(CNCc4ccccc42)NC3=O)ncn1. The summed E-state index contributed by atoms with van der Waals surface area (Å²) in [5.41, 5.74) is 6.38. The molecule has 0 bridgehead atoms. The molecule has 2 aliphatic rings. The molecule has 5 N–H and O–H groups in total. The Morgan fingerprint density at radius 1 is 1.21 bits per heavy atom. The van der Waals surface area contributed by atoms with Gasteiger partial charge in [0.2, 0.25) is 0 Å². The van der Waals surface area contributed by atoms with E-state index in [1.165, 1.54) is 23.0 Å². The van der Waals surface area contributed by atoms with Crippen molar-refractivity contribution >= 4 is 34.8 Å². The molecule has 1 spiro atoms. The number of halogens is 1. The molecule has 2 aliphatic heterocycles. The van der Waals surface area contributed by atoms with E-state index in [9.17, 15) is 9.59 Å². The predicted octanol–water partition coefficient (Wildman–Crippen LogP) is 1.17. The average Bonchev–Trinajstić information content (AvgIpc) is 2.99. The van der Waals surface area contributed by atoms with E-state index < -0.39 is 17.1 Å². The van der Waals surface area contributed by atoms with E-state index in [1.807, 2.05) is 24.3 Å². The molecule has 3 aromatic rings. The van der Waals surface area contributed by atoms with Crippen LogP contribution in [0.2, 0.25) is 5.02 Å². The number of nitrogens with zero attached hydrogens (tertiary/aromatic N) is 3. The summed E-state index contributed by atoms with van der Waals surface area (Å²) in [5, 5.41) is 9.35. The highest BCUT2D eigenvalue weighted by Crippen LogP contribution is 2.36. The van der Waals surface area contributed by atoms with E-state index in [4.69, 9.17) is 17.3 Å². The number of aromatic nitrogens is 3. The number of carbonyl (C=O) groups excluding carboxylic acids is 1. The minimum absolute atomic E-state index is 0.128. The number of benzene rings is 1. The maximum absolute atomic E-state index is 13.5. The Morgan fingerprint density at radius 3 is 2.86 bits per heavy atom. The molecule has 5 rings (SSSR count). The Balaban J connectivity index is 1.73. The van der Waals surface area contributed by atoms with Gasteiger partial charge in [0.15, 0.2) is 5.66 Å². The van der Waals surface area contributed by atoms with E-state index in [0.717, 1.165) is 11.1 Å². The molecule has 29 heavy (non-hydrogen) atoms. The average molecular weight is 410 g/mol. The molecule has 2 aromatic heterocycles. The first kappa shape index (κ1) is 17.7. The molecule has 1 aromatic carbocycles. The lowest BCUT2D eigenvalue weighted by molar-refractivity contribution is 0.0931. The topological polar surface area (TPSA) is 127 Å². The van der Waals surface area contributed by atoms with Crippen LogP contribution in [-0.4, -0.2) is 27.0 Å². The van der Waals surface area contributed by atoms with Crippen molar-refractivity contribution in [1.29, 1.82) is 0 Å². The molecule has 0 saturated heterocycles. The zero-order valence-electron chi connectivity index (χ0n) is 15.1. The largest absolute Gasteiger partial charge is 0.384 e. The van der Waals surface area contributed by atoms with Gasteiger partial charge in [0.05, 0.1) is 5.02 Å². The number of hydrogen-bond donors (Lipinski definition) is 4. The fraction of sp³-hybridized carbons (Fsp3) is 0.158. The molecule has 0 radical (unpaired) electrons. The standard InChI is InChI=1S/C19H16ClN7O2/c20-12-5-13(25-15-6-14(21)23-9-24-15)18(29)27-16(12)17(28)26-19(27)8-22-7-10-3-1-2-4-11(10)19/h1-6,9,22H,7-8H2,(H,26,28)(H3,21,23,24,25). The van der Waals surface area contributed by atoms with Crippen molar-refractivity contribution in [2.24, 2.45) is 0 Å². The van der Waals surface area contributed by atoms with Gasteiger partial charge in [-0.3, -0.25) is 14.2 Å². The Bertz CT molecular complexity index is 1230. The predicted molar refractivity (Wildman–Crippen MR) is 108 cm³/mol. The Kier molecular flexibility index (Phi) is 3.83. The number of hydrogen-bond acceptors (Lipinski definition) is 7. The second-order valence-electron chi connectivity index (χ2n) is 6.92. The van der Waals surface area contributed by atoms with Gasteiger partial charge in [-0.25, -0.2) is 9.97 Å². The number of amides is 1. The molecule has 4 heterocycles. The van der Waals surface area contributed by atoms with Gasteiger partial charge >= 0.3 is 0 Å². The summed E-state index contributed by atoms with van der Waals surface area (Å²) in [6, 6.07) is 10.6. The number of carbonyl (C=O) groups is 1. The van der Waals surface area contributed by atoms with Crippen molar-refractivity contribution in [2.75, 3.05) is 17.6 Å². The second-order valence-corrected chi connectivity index (χ2v) is 7.33. The van der Waals surface area contributed by atoms with Crippen molar-refractivity contribution in [2.45, 2.75) is 12.2 Å². The Morgan fingerprint density at radius 2 is 2.03 bits per heavy atom. The zero-order chi connectivity index (χ0) is 20.2. The van der Waals surface area contributed by atoms with Crippen molar-refractivity contribution in [3.63, 3.8) is 0 Å². The zero-order valence-corrected chi connectivity index (χ0v) is 15.8. The van der Waals surface area contributed by atoms with E-state index >= 15 is 0 Å². The monoisotopic (exact) mass is 409 g/mol. The lowest BCUT2D eigenvalue weighted by Crippen LogP contribution is -2.57. The van der Waals surface area contributed by atoms with Crippen LogP contribution in [-0.2, 0) is 12.2 Å². The molecular weight excluding hydrogens is 394 g/mol. The number of rotatable bonds is 2. The van der Waals surface area contributed by atoms with E-state index in [2.05, 4.69) is 25.9 Å². The van der Waals surface area contributed by atoms with Gasteiger partial charge in [-0.15, -0.1) is 0 Å². The third kappa shape index (κ3) is 2.59. The molecule has 9 nitrogen and oxygen atoms in total. The van der Waals surface area contributed by atoms with Gasteiger partial charge in [0.25, 0.3) is 11.5 Å². The normalized spacial score (nSPS) is 19.6. The number of nitrogens with two attached hydrogens (primary N) is 1. The van der Waals surface area contributed by atoms with Gasteiger partial charge in [0.1, 0.15) is 29.3 Å². The quantitative estimate of drug-likeness (QED) is 0.500. The van der Waals surface area contributed by atoms with Crippen molar-refractivity contribution < 1.29 is 4.79 Å². The number of nitrogen functional groups attached to an aromatic ring is 1. The summed E-state index contributed by atoms with van der Waals surface area (Å²) < 4.78 is 1.43. The molecular formula is C19H16ClN7O2. The number of pyridine rings is 1. The molecule has 10 heteroatoms. The molecule has 1 amide bonds. The molecule has 1 atom stereocenters. The third-order valence-electron chi connectivity index (χ3n) is 5.18. The second kappa shape index (κ2) is 6.29. The maximum Gasteiger partial charge on any atom is 0.277 e. The number of anilines is 3. The first-order valence-corrected chi connectivity index (χ1v) is 9.29. The van der Waals surface area contributed by atoms with Crippen LogP contribution in [0, 0.1) is 0 Å². The van der Waals surface area contributed by atoms with Crippen molar-refractivity contribution in [1.82, 2.24) is 25.2 Å². The third-order valence-corrected chi connectivity index (χ3v) is 5.47. The van der Waals surface area contributed by atoms with Crippen LogP contribution < -0.4 is 27.2 Å². The van der Waals surface area contributed by atoms with Crippen molar-refractivity contribution in [3.05, 3.63) is 74.9 Å². The van der Waals surface area contributed by atoms with E-state index in [1.54, 1.807) is 0 Å². The van der Waals surface area contributed by atoms with E-state index in [0.29, 0.717) is 18.9 Å². The van der Waals surface area contributed by atoms with Crippen LogP contribution >= 0.6 is 11.6 Å². The van der Waals surface area contributed by atoms with Gasteiger partial charge < -0.3 is 21.7 Å². The number of fused-ring (bicyclic) bond motifs is 4. The minimum Gasteiger partial charge on any atom is -0.384 e. The highest BCUT2D eigenvalue weighted by atomic mass is 35.5. The van der Waals surface area contributed by atoms with Crippen LogP contribution in [0.25, 0.3) is 0 Å². The summed E-state index contributed by atoms with van der Waals surface area (Å²) in [6.07, 6.45) is 1.29. The van der Waals surface area contributed by atoms with E-state index in [-0.39, 0.29) is 22.2 Å². The summed E-state index contributed by atoms with van der Waals surface area (Å²) in [4.78, 5) is 34.2. The van der Waals surface area contributed by atoms with Crippen LogP contribution in [0.15, 0.2) is 47.5 Å². The summed E-state index contributed by atoms with van der Waals surface area (Å²) in [6.45, 7) is 0.993. The lowest BCUT2D eigenvalue weighted by atomic mass is 9.90. The molecule has 1 unspecified atom stereocenters. The molecule has 0 aliphatic carbocycles. The Hall–Kier alpha value is -3.43. The van der Waals surface area contributed by atoms with Crippen LogP contribution in [0.1, 0.15) is 21.6 Å². The van der Waals surface area contributed by atoms with Gasteiger partial charge in [-0.05, 0) is 11.6 Å². The smallest absolute Gasteiger partial charge is 0.277 e. The lowest BCUT2D eigenvalue weighted by Gasteiger charge is -2.37. The molecule has 0 fully saturated rings. The van der Waals surface area contributed by atoms with Crippen molar-refractivity contribution in [3.8, 4) is 0 Å². The first-order chi connectivity index (χ1) is 14.0. The molecule has 0 saturated carbocycles.